The number of methoxy groups -OCH3 is 1. The van der Waals surface area contributed by atoms with Crippen molar-refractivity contribution >= 4 is 11.8 Å². The number of halogens is 1. The Morgan fingerprint density at radius 1 is 1.41 bits per heavy atom. The van der Waals surface area contributed by atoms with Crippen LogP contribution in [0.4, 0.5) is 4.39 Å². The van der Waals surface area contributed by atoms with E-state index in [1.54, 1.807) is 19.2 Å². The minimum absolute atomic E-state index is 0.135. The number of hydrogen-bond donors (Lipinski definition) is 1. The van der Waals surface area contributed by atoms with E-state index in [1.165, 1.54) is 6.07 Å². The number of hydrogen-bond acceptors (Lipinski definition) is 3. The Bertz CT molecular complexity index is 346. The summed E-state index contributed by atoms with van der Waals surface area (Å²) in [5.74, 6) is 2.50. The van der Waals surface area contributed by atoms with E-state index in [4.69, 9.17) is 4.74 Å². The van der Waals surface area contributed by atoms with Crippen LogP contribution in [-0.2, 0) is 0 Å². The van der Waals surface area contributed by atoms with Crippen molar-refractivity contribution < 1.29 is 9.13 Å². The molecule has 4 heteroatoms. The maximum Gasteiger partial charge on any atom is 0.123 e. The molecule has 2 nitrogen and oxygen atoms in total. The molecule has 0 aromatic heterocycles. The Kier molecular flexibility index (Phi) is 6.37. The molecule has 0 fully saturated rings. The number of rotatable bonds is 7. The Morgan fingerprint density at radius 2 is 2.18 bits per heavy atom. The molecule has 0 aliphatic rings. The largest absolute Gasteiger partial charge is 0.496 e. The quantitative estimate of drug-likeness (QED) is 0.810. The highest BCUT2D eigenvalue weighted by molar-refractivity contribution is 7.99. The van der Waals surface area contributed by atoms with Gasteiger partial charge in [0.15, 0.2) is 0 Å². The Balaban J connectivity index is 2.93. The van der Waals surface area contributed by atoms with Gasteiger partial charge in [-0.1, -0.05) is 13.8 Å². The third-order valence-corrected chi connectivity index (χ3v) is 3.48. The highest BCUT2D eigenvalue weighted by Gasteiger charge is 2.15. The molecule has 96 valence electrons. The minimum atomic E-state index is -0.217. The van der Waals surface area contributed by atoms with Crippen LogP contribution >= 0.6 is 11.8 Å². The van der Waals surface area contributed by atoms with Crippen molar-refractivity contribution in [1.82, 2.24) is 5.32 Å². The first-order chi connectivity index (χ1) is 8.22. The van der Waals surface area contributed by atoms with E-state index in [1.807, 2.05) is 11.8 Å². The summed E-state index contributed by atoms with van der Waals surface area (Å²) in [4.78, 5) is 0. The van der Waals surface area contributed by atoms with Gasteiger partial charge in [-0.3, -0.25) is 0 Å². The van der Waals surface area contributed by atoms with Crippen LogP contribution in [0, 0.1) is 5.82 Å². The molecule has 17 heavy (non-hydrogen) atoms. The first kappa shape index (κ1) is 14.3. The molecule has 1 aromatic carbocycles. The van der Waals surface area contributed by atoms with Crippen molar-refractivity contribution in [3.63, 3.8) is 0 Å². The van der Waals surface area contributed by atoms with Gasteiger partial charge in [0.05, 0.1) is 7.11 Å². The van der Waals surface area contributed by atoms with E-state index in [0.29, 0.717) is 0 Å². The molecule has 0 radical (unpaired) electrons. The predicted molar refractivity (Wildman–Crippen MR) is 72.4 cm³/mol. The van der Waals surface area contributed by atoms with Gasteiger partial charge in [-0.15, -0.1) is 0 Å². The van der Waals surface area contributed by atoms with E-state index in [2.05, 4.69) is 19.2 Å². The van der Waals surface area contributed by atoms with Crippen molar-refractivity contribution in [3.8, 4) is 5.75 Å². The van der Waals surface area contributed by atoms with Crippen LogP contribution in [0.15, 0.2) is 18.2 Å². The topological polar surface area (TPSA) is 21.3 Å². The van der Waals surface area contributed by atoms with Crippen LogP contribution in [-0.4, -0.2) is 25.2 Å². The van der Waals surface area contributed by atoms with Gasteiger partial charge in [0.1, 0.15) is 11.6 Å². The molecule has 1 atom stereocenters. The van der Waals surface area contributed by atoms with Crippen LogP contribution in [0.5, 0.6) is 5.75 Å². The third-order valence-electron chi connectivity index (χ3n) is 2.51. The lowest BCUT2D eigenvalue weighted by atomic mass is 10.1. The molecular weight excluding hydrogens is 237 g/mol. The van der Waals surface area contributed by atoms with Crippen molar-refractivity contribution in [3.05, 3.63) is 29.6 Å². The second-order valence-electron chi connectivity index (χ2n) is 3.66. The highest BCUT2D eigenvalue weighted by atomic mass is 32.2. The molecular formula is C13H20FNOS. The van der Waals surface area contributed by atoms with Crippen LogP contribution in [0.3, 0.4) is 0 Å². The smallest absolute Gasteiger partial charge is 0.123 e. The zero-order chi connectivity index (χ0) is 12.7. The lowest BCUT2D eigenvalue weighted by Gasteiger charge is -2.20. The predicted octanol–water partition coefficient (Wildman–Crippen LogP) is 3.24. The second kappa shape index (κ2) is 7.56. The van der Waals surface area contributed by atoms with E-state index >= 15 is 0 Å². The van der Waals surface area contributed by atoms with E-state index in [0.717, 1.165) is 29.4 Å². The van der Waals surface area contributed by atoms with Gasteiger partial charge in [-0.05, 0) is 30.5 Å². The monoisotopic (exact) mass is 257 g/mol. The van der Waals surface area contributed by atoms with Gasteiger partial charge in [0, 0.05) is 17.4 Å². The number of nitrogens with one attached hydrogen (secondary N) is 1. The SMILES string of the molecule is CCNC(CSCC)c1cc(F)ccc1OC. The highest BCUT2D eigenvalue weighted by Crippen LogP contribution is 2.28. The van der Waals surface area contributed by atoms with E-state index in [-0.39, 0.29) is 11.9 Å². The Labute approximate surface area is 107 Å². The van der Waals surface area contributed by atoms with E-state index in [9.17, 15) is 4.39 Å². The average molecular weight is 257 g/mol. The molecule has 0 saturated heterocycles. The fraction of sp³-hybridized carbons (Fsp3) is 0.538. The van der Waals surface area contributed by atoms with Crippen LogP contribution in [0.25, 0.3) is 0 Å². The molecule has 1 aromatic rings. The Morgan fingerprint density at radius 3 is 2.76 bits per heavy atom. The normalized spacial score (nSPS) is 12.5. The summed E-state index contributed by atoms with van der Waals surface area (Å²) in [7, 11) is 1.62. The summed E-state index contributed by atoms with van der Waals surface area (Å²) in [5, 5.41) is 3.37. The molecule has 0 heterocycles. The molecule has 1 unspecified atom stereocenters. The maximum absolute atomic E-state index is 13.3. The summed E-state index contributed by atoms with van der Waals surface area (Å²) in [6, 6.07) is 4.81. The van der Waals surface area contributed by atoms with Crippen molar-refractivity contribution in [2.24, 2.45) is 0 Å². The number of benzene rings is 1. The molecule has 0 bridgehead atoms. The summed E-state index contributed by atoms with van der Waals surface area (Å²) in [6.07, 6.45) is 0. The summed E-state index contributed by atoms with van der Waals surface area (Å²) >= 11 is 1.84. The fourth-order valence-corrected chi connectivity index (χ4v) is 2.49. The van der Waals surface area contributed by atoms with Crippen molar-refractivity contribution in [2.75, 3.05) is 25.2 Å². The first-order valence-corrected chi connectivity index (χ1v) is 7.02. The lowest BCUT2D eigenvalue weighted by Crippen LogP contribution is -2.23. The van der Waals surface area contributed by atoms with Crippen molar-refractivity contribution in [2.45, 2.75) is 19.9 Å². The van der Waals surface area contributed by atoms with Crippen molar-refractivity contribution in [1.29, 1.82) is 0 Å². The molecule has 1 rings (SSSR count). The molecule has 0 saturated carbocycles. The second-order valence-corrected chi connectivity index (χ2v) is 4.97. The zero-order valence-corrected chi connectivity index (χ0v) is 11.4. The molecule has 0 spiro atoms. The minimum Gasteiger partial charge on any atom is -0.496 e. The summed E-state index contributed by atoms with van der Waals surface area (Å²) in [5.41, 5.74) is 0.898. The van der Waals surface area contributed by atoms with Gasteiger partial charge in [0.2, 0.25) is 0 Å². The molecule has 0 amide bonds. The third kappa shape index (κ3) is 4.21. The number of ether oxygens (including phenoxy) is 1. The van der Waals surface area contributed by atoms with E-state index < -0.39 is 0 Å². The molecule has 0 aliphatic heterocycles. The van der Waals surface area contributed by atoms with Gasteiger partial charge < -0.3 is 10.1 Å². The summed E-state index contributed by atoms with van der Waals surface area (Å²) in [6.45, 7) is 5.03. The van der Waals surface area contributed by atoms with Crippen LogP contribution < -0.4 is 10.1 Å². The molecule has 1 N–H and O–H groups in total. The van der Waals surface area contributed by atoms with Gasteiger partial charge in [0.25, 0.3) is 0 Å². The fourth-order valence-electron chi connectivity index (χ4n) is 1.72. The van der Waals surface area contributed by atoms with Gasteiger partial charge in [-0.25, -0.2) is 4.39 Å². The first-order valence-electron chi connectivity index (χ1n) is 5.87. The standard InChI is InChI=1S/C13H20FNOS/c1-4-15-12(9-17-5-2)11-8-10(14)6-7-13(11)16-3/h6-8,12,15H,4-5,9H2,1-3H3. The average Bonchev–Trinajstić information content (AvgIpc) is 2.34. The summed E-state index contributed by atoms with van der Waals surface area (Å²) < 4.78 is 18.6. The maximum atomic E-state index is 13.3. The zero-order valence-electron chi connectivity index (χ0n) is 10.6. The van der Waals surface area contributed by atoms with Gasteiger partial charge in [-0.2, -0.15) is 11.8 Å². The molecule has 0 aliphatic carbocycles. The lowest BCUT2D eigenvalue weighted by molar-refractivity contribution is 0.401. The van der Waals surface area contributed by atoms with Gasteiger partial charge >= 0.3 is 0 Å². The Hall–Kier alpha value is -0.740. The van der Waals surface area contributed by atoms with Crippen LogP contribution in [0.1, 0.15) is 25.5 Å². The number of thioether (sulfide) groups is 1. The van der Waals surface area contributed by atoms with Crippen LogP contribution in [0.2, 0.25) is 0 Å².